The van der Waals surface area contributed by atoms with Gasteiger partial charge >= 0.3 is 0 Å². The Morgan fingerprint density at radius 1 is 0.516 bits per heavy atom. The normalized spacial score (nSPS) is 11.3. The molecule has 0 saturated heterocycles. The number of carbonyl (C=O) groups is 1. The zero-order chi connectivity index (χ0) is 22.7. The number of aliphatic hydroxyl groups excluding tert-OH is 1. The van der Waals surface area contributed by atoms with Gasteiger partial charge in [0.25, 0.3) is 0 Å². The number of aliphatic hydroxyl groups is 1. The lowest BCUT2D eigenvalue weighted by Crippen LogP contribution is -2.18. The van der Waals surface area contributed by atoms with Crippen LogP contribution in [0.4, 0.5) is 0 Å². The molecule has 0 rings (SSSR count). The van der Waals surface area contributed by atoms with E-state index in [0.717, 1.165) is 38.8 Å². The largest absolute Gasteiger partial charge is 0.396 e. The molecular weight excluding hydrogens is 382 g/mol. The van der Waals surface area contributed by atoms with Gasteiger partial charge in [-0.05, 0) is 32.4 Å². The van der Waals surface area contributed by atoms with Gasteiger partial charge in [0.15, 0.2) is 0 Å². The topological polar surface area (TPSA) is 49.3 Å². The van der Waals surface area contributed by atoms with Crippen LogP contribution in [0.25, 0.3) is 0 Å². The van der Waals surface area contributed by atoms with Crippen LogP contribution in [0.5, 0.6) is 0 Å². The molecule has 0 aliphatic heterocycles. The molecule has 0 atom stereocenters. The molecular formula is C28H57NO2. The summed E-state index contributed by atoms with van der Waals surface area (Å²) in [5, 5.41) is 12.0. The van der Waals surface area contributed by atoms with Gasteiger partial charge < -0.3 is 10.4 Å². The number of ketones is 1. The van der Waals surface area contributed by atoms with Crippen molar-refractivity contribution in [3.63, 3.8) is 0 Å². The highest BCUT2D eigenvalue weighted by Gasteiger charge is 2.02. The van der Waals surface area contributed by atoms with E-state index in [2.05, 4.69) is 12.2 Å². The number of carbonyl (C=O) groups excluding carboxylic acids is 1. The highest BCUT2D eigenvalue weighted by molar-refractivity contribution is 5.78. The molecule has 0 unspecified atom stereocenters. The fourth-order valence-corrected chi connectivity index (χ4v) is 4.27. The number of hydrogen-bond donors (Lipinski definition) is 2. The van der Waals surface area contributed by atoms with Gasteiger partial charge in [-0.1, -0.05) is 122 Å². The molecule has 3 heteroatoms. The monoisotopic (exact) mass is 439 g/mol. The minimum atomic E-state index is 0.241. The summed E-state index contributed by atoms with van der Waals surface area (Å²) in [6, 6.07) is 0. The number of rotatable bonds is 27. The van der Waals surface area contributed by atoms with E-state index >= 15 is 0 Å². The molecule has 0 saturated carbocycles. The first kappa shape index (κ1) is 30.6. The van der Waals surface area contributed by atoms with Crippen LogP contribution in [0.1, 0.15) is 155 Å². The highest BCUT2D eigenvalue weighted by Crippen LogP contribution is 2.15. The van der Waals surface area contributed by atoms with Crippen LogP contribution in [0.15, 0.2) is 0 Å². The Hall–Kier alpha value is -0.410. The molecule has 0 fully saturated rings. The van der Waals surface area contributed by atoms with E-state index in [9.17, 15) is 4.79 Å². The molecule has 186 valence electrons. The molecule has 0 aliphatic rings. The summed E-state index contributed by atoms with van der Waals surface area (Å²) in [7, 11) is 0. The van der Waals surface area contributed by atoms with Crippen molar-refractivity contribution in [1.29, 1.82) is 0 Å². The van der Waals surface area contributed by atoms with Crippen LogP contribution in [-0.2, 0) is 4.79 Å². The molecule has 0 spiro atoms. The van der Waals surface area contributed by atoms with Gasteiger partial charge in [-0.25, -0.2) is 0 Å². The van der Waals surface area contributed by atoms with Gasteiger partial charge in [-0.3, -0.25) is 4.79 Å². The molecule has 3 nitrogen and oxygen atoms in total. The van der Waals surface area contributed by atoms with Crippen molar-refractivity contribution in [3.8, 4) is 0 Å². The average molecular weight is 440 g/mol. The predicted octanol–water partition coefficient (Wildman–Crippen LogP) is 8.13. The standard InChI is InChI=1S/C28H57NO2/c1-2-3-4-5-6-7-8-9-10-11-12-13-14-15-16-17-18-19-20-23-28(31)24-21-25-29-26-22-27-30/h29-30H,2-27H2,1H3. The first-order valence-electron chi connectivity index (χ1n) is 14.1. The number of unbranched alkanes of at least 4 members (excludes halogenated alkanes) is 18. The van der Waals surface area contributed by atoms with Crippen molar-refractivity contribution in [2.75, 3.05) is 19.7 Å². The van der Waals surface area contributed by atoms with Gasteiger partial charge in [0.2, 0.25) is 0 Å². The molecule has 0 aliphatic carbocycles. The first-order chi connectivity index (χ1) is 15.3. The van der Waals surface area contributed by atoms with Crippen LogP contribution < -0.4 is 5.32 Å². The average Bonchev–Trinajstić information content (AvgIpc) is 2.77. The number of Topliss-reactive ketones (excluding diaryl/α,β-unsaturated/α-hetero) is 1. The van der Waals surface area contributed by atoms with Crippen LogP contribution in [-0.4, -0.2) is 30.6 Å². The van der Waals surface area contributed by atoms with Gasteiger partial charge in [-0.15, -0.1) is 0 Å². The summed E-state index contributed by atoms with van der Waals surface area (Å²) in [5.74, 6) is 0.427. The van der Waals surface area contributed by atoms with E-state index in [1.807, 2.05) is 0 Å². The third kappa shape index (κ3) is 27.6. The summed E-state index contributed by atoms with van der Waals surface area (Å²) in [5.41, 5.74) is 0. The minimum absolute atomic E-state index is 0.241. The van der Waals surface area contributed by atoms with Crippen LogP contribution in [0, 0.1) is 0 Å². The van der Waals surface area contributed by atoms with Gasteiger partial charge in [-0.2, -0.15) is 0 Å². The Morgan fingerprint density at radius 2 is 0.871 bits per heavy atom. The van der Waals surface area contributed by atoms with Crippen molar-refractivity contribution < 1.29 is 9.90 Å². The molecule has 0 heterocycles. The molecule has 0 aromatic heterocycles. The maximum atomic E-state index is 11.8. The molecule has 0 radical (unpaired) electrons. The van der Waals surface area contributed by atoms with E-state index < -0.39 is 0 Å². The van der Waals surface area contributed by atoms with E-state index in [-0.39, 0.29) is 6.61 Å². The maximum absolute atomic E-state index is 11.8. The molecule has 2 N–H and O–H groups in total. The molecule has 0 bridgehead atoms. The summed E-state index contributed by atoms with van der Waals surface area (Å²) in [4.78, 5) is 11.8. The summed E-state index contributed by atoms with van der Waals surface area (Å²) in [6.45, 7) is 4.28. The lowest BCUT2D eigenvalue weighted by atomic mass is 10.0. The molecule has 0 aromatic carbocycles. The lowest BCUT2D eigenvalue weighted by Gasteiger charge is -2.05. The highest BCUT2D eigenvalue weighted by atomic mass is 16.3. The fourth-order valence-electron chi connectivity index (χ4n) is 4.27. The van der Waals surface area contributed by atoms with Gasteiger partial charge in [0, 0.05) is 19.4 Å². The van der Waals surface area contributed by atoms with E-state index in [4.69, 9.17) is 5.11 Å². The van der Waals surface area contributed by atoms with E-state index in [1.54, 1.807) is 0 Å². The van der Waals surface area contributed by atoms with E-state index in [0.29, 0.717) is 12.2 Å². The second-order valence-corrected chi connectivity index (χ2v) is 9.58. The minimum Gasteiger partial charge on any atom is -0.396 e. The lowest BCUT2D eigenvalue weighted by molar-refractivity contribution is -0.119. The Morgan fingerprint density at radius 3 is 1.29 bits per heavy atom. The van der Waals surface area contributed by atoms with Crippen LogP contribution >= 0.6 is 0 Å². The molecule has 0 amide bonds. The van der Waals surface area contributed by atoms with Gasteiger partial charge in [0.05, 0.1) is 0 Å². The summed E-state index contributed by atoms with van der Waals surface area (Å²) in [6.07, 6.45) is 29.7. The second-order valence-electron chi connectivity index (χ2n) is 9.58. The van der Waals surface area contributed by atoms with Crippen molar-refractivity contribution in [1.82, 2.24) is 5.32 Å². The fraction of sp³-hybridized carbons (Fsp3) is 0.964. The number of nitrogens with one attached hydrogen (secondary N) is 1. The quantitative estimate of drug-likeness (QED) is 0.127. The zero-order valence-corrected chi connectivity index (χ0v) is 21.2. The first-order valence-corrected chi connectivity index (χ1v) is 14.1. The zero-order valence-electron chi connectivity index (χ0n) is 21.2. The Labute approximate surface area is 195 Å². The van der Waals surface area contributed by atoms with Crippen LogP contribution in [0.2, 0.25) is 0 Å². The maximum Gasteiger partial charge on any atom is 0.132 e. The summed E-state index contributed by atoms with van der Waals surface area (Å²) >= 11 is 0. The predicted molar refractivity (Wildman–Crippen MR) is 137 cm³/mol. The van der Waals surface area contributed by atoms with Crippen molar-refractivity contribution >= 4 is 5.78 Å². The molecule has 0 aromatic rings. The summed E-state index contributed by atoms with van der Waals surface area (Å²) < 4.78 is 0. The van der Waals surface area contributed by atoms with E-state index in [1.165, 1.54) is 116 Å². The third-order valence-electron chi connectivity index (χ3n) is 6.38. The Kier molecular flexibility index (Phi) is 27.3. The van der Waals surface area contributed by atoms with Crippen LogP contribution in [0.3, 0.4) is 0 Å². The third-order valence-corrected chi connectivity index (χ3v) is 6.38. The van der Waals surface area contributed by atoms with Crippen molar-refractivity contribution in [2.24, 2.45) is 0 Å². The Bertz CT molecular complexity index is 346. The second kappa shape index (κ2) is 27.6. The van der Waals surface area contributed by atoms with Gasteiger partial charge in [0.1, 0.15) is 5.78 Å². The number of hydrogen-bond acceptors (Lipinski definition) is 3. The van der Waals surface area contributed by atoms with Crippen molar-refractivity contribution in [3.05, 3.63) is 0 Å². The SMILES string of the molecule is CCCCCCCCCCCCCCCCCCCCCC(=O)CCCNCCCO. The Balaban J connectivity index is 3.09. The van der Waals surface area contributed by atoms with Crippen molar-refractivity contribution in [2.45, 2.75) is 155 Å². The molecule has 31 heavy (non-hydrogen) atoms. The smallest absolute Gasteiger partial charge is 0.132 e.